The standard InChI is InChI=1S/C13H28N2/c1-10(2)8-15(5)9-11-6-7-13(3,4)12(11)14/h10-12H,6-9,14H2,1-5H3. The van der Waals surface area contributed by atoms with E-state index in [4.69, 9.17) is 5.73 Å². The van der Waals surface area contributed by atoms with Gasteiger partial charge >= 0.3 is 0 Å². The molecule has 2 heteroatoms. The van der Waals surface area contributed by atoms with Crippen LogP contribution in [0.1, 0.15) is 40.5 Å². The van der Waals surface area contributed by atoms with Crippen LogP contribution in [0.15, 0.2) is 0 Å². The van der Waals surface area contributed by atoms with Crippen LogP contribution < -0.4 is 5.73 Å². The fourth-order valence-electron chi connectivity index (χ4n) is 2.84. The maximum absolute atomic E-state index is 6.31. The number of hydrogen-bond donors (Lipinski definition) is 1. The minimum atomic E-state index is 0.351. The molecule has 15 heavy (non-hydrogen) atoms. The molecule has 0 aliphatic heterocycles. The lowest BCUT2D eigenvalue weighted by Crippen LogP contribution is -2.41. The highest BCUT2D eigenvalue weighted by Crippen LogP contribution is 2.40. The molecular weight excluding hydrogens is 184 g/mol. The first kappa shape index (κ1) is 13.0. The van der Waals surface area contributed by atoms with E-state index in [1.807, 2.05) is 0 Å². The summed E-state index contributed by atoms with van der Waals surface area (Å²) in [4.78, 5) is 2.44. The molecule has 2 atom stereocenters. The van der Waals surface area contributed by atoms with Crippen molar-refractivity contribution in [1.82, 2.24) is 4.90 Å². The number of rotatable bonds is 4. The monoisotopic (exact) mass is 212 g/mol. The first-order valence-electron chi connectivity index (χ1n) is 6.27. The summed E-state index contributed by atoms with van der Waals surface area (Å²) in [6.45, 7) is 11.5. The summed E-state index contributed by atoms with van der Waals surface area (Å²) in [7, 11) is 2.22. The van der Waals surface area contributed by atoms with E-state index in [-0.39, 0.29) is 0 Å². The van der Waals surface area contributed by atoms with Gasteiger partial charge in [0.2, 0.25) is 0 Å². The Hall–Kier alpha value is -0.0800. The molecule has 0 radical (unpaired) electrons. The maximum atomic E-state index is 6.31. The molecule has 0 aromatic rings. The van der Waals surface area contributed by atoms with Crippen molar-refractivity contribution >= 4 is 0 Å². The lowest BCUT2D eigenvalue weighted by molar-refractivity contribution is 0.219. The Morgan fingerprint density at radius 1 is 1.40 bits per heavy atom. The highest BCUT2D eigenvalue weighted by atomic mass is 15.1. The van der Waals surface area contributed by atoms with Crippen molar-refractivity contribution in [3.8, 4) is 0 Å². The van der Waals surface area contributed by atoms with E-state index in [9.17, 15) is 0 Å². The van der Waals surface area contributed by atoms with Gasteiger partial charge in [0, 0.05) is 19.1 Å². The van der Waals surface area contributed by atoms with Gasteiger partial charge < -0.3 is 10.6 Å². The highest BCUT2D eigenvalue weighted by Gasteiger charge is 2.39. The van der Waals surface area contributed by atoms with Crippen molar-refractivity contribution < 1.29 is 0 Å². The maximum Gasteiger partial charge on any atom is 0.0131 e. The van der Waals surface area contributed by atoms with Crippen LogP contribution in [0.3, 0.4) is 0 Å². The zero-order chi connectivity index (χ0) is 11.6. The summed E-state index contributed by atoms with van der Waals surface area (Å²) in [6.07, 6.45) is 2.59. The number of nitrogens with two attached hydrogens (primary N) is 1. The molecule has 2 unspecified atom stereocenters. The Morgan fingerprint density at radius 3 is 2.40 bits per heavy atom. The molecule has 1 saturated carbocycles. The summed E-state index contributed by atoms with van der Waals surface area (Å²) in [5, 5.41) is 0. The number of hydrogen-bond acceptors (Lipinski definition) is 2. The van der Waals surface area contributed by atoms with Gasteiger partial charge in [0.1, 0.15) is 0 Å². The largest absolute Gasteiger partial charge is 0.327 e. The lowest BCUT2D eigenvalue weighted by Gasteiger charge is -2.30. The van der Waals surface area contributed by atoms with Crippen molar-refractivity contribution in [3.05, 3.63) is 0 Å². The Balaban J connectivity index is 2.40. The summed E-state index contributed by atoms with van der Waals surface area (Å²) >= 11 is 0. The number of nitrogens with zero attached hydrogens (tertiary/aromatic N) is 1. The van der Waals surface area contributed by atoms with E-state index in [0.717, 1.165) is 5.92 Å². The molecule has 1 fully saturated rings. The summed E-state index contributed by atoms with van der Waals surface area (Å²) < 4.78 is 0. The van der Waals surface area contributed by atoms with Crippen LogP contribution >= 0.6 is 0 Å². The topological polar surface area (TPSA) is 29.3 Å². The summed E-state index contributed by atoms with van der Waals surface area (Å²) in [6, 6.07) is 0.382. The minimum Gasteiger partial charge on any atom is -0.327 e. The molecule has 0 aromatic carbocycles. The van der Waals surface area contributed by atoms with E-state index in [2.05, 4.69) is 39.6 Å². The Labute approximate surface area is 95.2 Å². The van der Waals surface area contributed by atoms with E-state index in [0.29, 0.717) is 17.4 Å². The summed E-state index contributed by atoms with van der Waals surface area (Å²) in [5.41, 5.74) is 6.66. The van der Waals surface area contributed by atoms with Crippen LogP contribution in [-0.2, 0) is 0 Å². The van der Waals surface area contributed by atoms with Gasteiger partial charge in [-0.2, -0.15) is 0 Å². The quantitative estimate of drug-likeness (QED) is 0.775. The molecule has 0 saturated heterocycles. The molecule has 0 bridgehead atoms. The van der Waals surface area contributed by atoms with Crippen LogP contribution in [0.25, 0.3) is 0 Å². The van der Waals surface area contributed by atoms with Gasteiger partial charge in [0.05, 0.1) is 0 Å². The van der Waals surface area contributed by atoms with E-state index >= 15 is 0 Å². The van der Waals surface area contributed by atoms with Crippen LogP contribution in [0.4, 0.5) is 0 Å². The fourth-order valence-corrected chi connectivity index (χ4v) is 2.84. The smallest absolute Gasteiger partial charge is 0.0131 e. The van der Waals surface area contributed by atoms with Gasteiger partial charge in [-0.1, -0.05) is 27.7 Å². The predicted molar refractivity (Wildman–Crippen MR) is 66.8 cm³/mol. The van der Waals surface area contributed by atoms with Crippen molar-refractivity contribution in [2.24, 2.45) is 23.0 Å². The molecule has 1 aliphatic rings. The van der Waals surface area contributed by atoms with E-state index < -0.39 is 0 Å². The Bertz CT molecular complexity index is 199. The molecule has 1 aliphatic carbocycles. The Kier molecular flexibility index (Phi) is 4.19. The lowest BCUT2D eigenvalue weighted by atomic mass is 9.85. The SMILES string of the molecule is CC(C)CN(C)CC1CCC(C)(C)C1N. The highest BCUT2D eigenvalue weighted by molar-refractivity contribution is 4.94. The van der Waals surface area contributed by atoms with Gasteiger partial charge in [-0.25, -0.2) is 0 Å². The second kappa shape index (κ2) is 4.84. The van der Waals surface area contributed by atoms with E-state index in [1.54, 1.807) is 0 Å². The molecule has 0 amide bonds. The van der Waals surface area contributed by atoms with Crippen molar-refractivity contribution in [3.63, 3.8) is 0 Å². The average molecular weight is 212 g/mol. The predicted octanol–water partition coefficient (Wildman–Crippen LogP) is 2.34. The van der Waals surface area contributed by atoms with Gasteiger partial charge in [0.25, 0.3) is 0 Å². The van der Waals surface area contributed by atoms with Crippen molar-refractivity contribution in [2.45, 2.75) is 46.6 Å². The second-order valence-corrected chi connectivity index (χ2v) is 6.43. The minimum absolute atomic E-state index is 0.351. The molecule has 0 aromatic heterocycles. The molecule has 2 nitrogen and oxygen atoms in total. The van der Waals surface area contributed by atoms with Crippen molar-refractivity contribution in [1.29, 1.82) is 0 Å². The van der Waals surface area contributed by atoms with Crippen LogP contribution in [0.2, 0.25) is 0 Å². The molecule has 90 valence electrons. The normalized spacial score (nSPS) is 30.4. The second-order valence-electron chi connectivity index (χ2n) is 6.43. The van der Waals surface area contributed by atoms with Crippen molar-refractivity contribution in [2.75, 3.05) is 20.1 Å². The molecular formula is C13H28N2. The van der Waals surface area contributed by atoms with Crippen LogP contribution in [0.5, 0.6) is 0 Å². The van der Waals surface area contributed by atoms with Gasteiger partial charge in [0.15, 0.2) is 0 Å². The molecule has 0 heterocycles. The molecule has 2 N–H and O–H groups in total. The Morgan fingerprint density at radius 2 is 2.00 bits per heavy atom. The zero-order valence-corrected chi connectivity index (χ0v) is 11.1. The molecule has 1 rings (SSSR count). The van der Waals surface area contributed by atoms with E-state index in [1.165, 1.54) is 25.9 Å². The van der Waals surface area contributed by atoms with Gasteiger partial charge in [-0.3, -0.25) is 0 Å². The van der Waals surface area contributed by atoms with Crippen LogP contribution in [-0.4, -0.2) is 31.1 Å². The third-order valence-electron chi connectivity index (χ3n) is 3.79. The molecule has 0 spiro atoms. The van der Waals surface area contributed by atoms with Gasteiger partial charge in [-0.05, 0) is 37.1 Å². The van der Waals surface area contributed by atoms with Crippen LogP contribution in [0, 0.1) is 17.3 Å². The first-order chi connectivity index (χ1) is 6.83. The first-order valence-corrected chi connectivity index (χ1v) is 6.27. The third-order valence-corrected chi connectivity index (χ3v) is 3.79. The van der Waals surface area contributed by atoms with Gasteiger partial charge in [-0.15, -0.1) is 0 Å². The fraction of sp³-hybridized carbons (Fsp3) is 1.00. The average Bonchev–Trinajstić information content (AvgIpc) is 2.30. The summed E-state index contributed by atoms with van der Waals surface area (Å²) in [5.74, 6) is 1.45. The zero-order valence-electron chi connectivity index (χ0n) is 11.1. The third kappa shape index (κ3) is 3.46.